The summed E-state index contributed by atoms with van der Waals surface area (Å²) in [6.45, 7) is 2.44. The summed E-state index contributed by atoms with van der Waals surface area (Å²) >= 11 is 0. The molecule has 184 valence electrons. The van der Waals surface area contributed by atoms with E-state index in [1.807, 2.05) is 17.0 Å². The highest BCUT2D eigenvalue weighted by atomic mass is 19.1. The molecule has 1 aliphatic carbocycles. The molecule has 9 heteroatoms. The Kier molecular flexibility index (Phi) is 5.94. The van der Waals surface area contributed by atoms with Crippen molar-refractivity contribution in [2.45, 2.75) is 57.5 Å². The number of carbonyl (C=O) groups excluding carboxylic acids is 1. The maximum absolute atomic E-state index is 14.5. The molecular weight excluding hydrogens is 454 g/mol. The summed E-state index contributed by atoms with van der Waals surface area (Å²) in [6, 6.07) is 6.88. The number of aliphatic carboxylic acids is 1. The molecule has 3 aromatic rings. The van der Waals surface area contributed by atoms with E-state index in [-0.39, 0.29) is 18.0 Å². The molecule has 35 heavy (non-hydrogen) atoms. The monoisotopic (exact) mass is 482 g/mol. The molecule has 1 aromatic carbocycles. The first kappa shape index (κ1) is 23.3. The molecule has 2 aromatic heterocycles. The van der Waals surface area contributed by atoms with Gasteiger partial charge in [-0.25, -0.2) is 13.3 Å². The lowest BCUT2D eigenvalue weighted by molar-refractivity contribution is -0.149. The number of carboxylic acid groups (broad SMARTS) is 1. The zero-order valence-corrected chi connectivity index (χ0v) is 19.5. The van der Waals surface area contributed by atoms with E-state index in [9.17, 15) is 23.5 Å². The van der Waals surface area contributed by atoms with Crippen LogP contribution in [0.3, 0.4) is 0 Å². The first-order chi connectivity index (χ1) is 16.7. The molecular formula is C26H28F2N4O3. The third-order valence-electron chi connectivity index (χ3n) is 7.59. The van der Waals surface area contributed by atoms with Crippen molar-refractivity contribution in [2.24, 2.45) is 5.41 Å². The van der Waals surface area contributed by atoms with Crippen LogP contribution in [0.5, 0.6) is 0 Å². The highest BCUT2D eigenvalue weighted by Gasteiger charge is 2.38. The number of carbonyl (C=O) groups is 2. The SMILES string of the molecule is CC1(C(=O)O)CCC(NC(=O)c2cnn3ccc(N4CCC[C@@H]4c4cc(F)ccc4F)cc23)CC1. The van der Waals surface area contributed by atoms with E-state index in [0.29, 0.717) is 55.3 Å². The number of aromatic nitrogens is 2. The van der Waals surface area contributed by atoms with Crippen molar-refractivity contribution in [3.05, 3.63) is 65.5 Å². The molecule has 1 atom stereocenters. The fourth-order valence-corrected chi connectivity index (χ4v) is 5.37. The van der Waals surface area contributed by atoms with Gasteiger partial charge in [-0.2, -0.15) is 5.10 Å². The number of benzene rings is 1. The average molecular weight is 483 g/mol. The summed E-state index contributed by atoms with van der Waals surface area (Å²) in [5, 5.41) is 16.8. The van der Waals surface area contributed by atoms with Crippen LogP contribution >= 0.6 is 0 Å². The van der Waals surface area contributed by atoms with Crippen LogP contribution < -0.4 is 10.2 Å². The van der Waals surface area contributed by atoms with Crippen molar-refractivity contribution in [3.63, 3.8) is 0 Å². The summed E-state index contributed by atoms with van der Waals surface area (Å²) in [5.74, 6) is -1.95. The molecule has 2 N–H and O–H groups in total. The lowest BCUT2D eigenvalue weighted by atomic mass is 9.74. The number of hydrogen-bond donors (Lipinski definition) is 2. The molecule has 1 amide bonds. The van der Waals surface area contributed by atoms with Gasteiger partial charge < -0.3 is 15.3 Å². The van der Waals surface area contributed by atoms with Crippen molar-refractivity contribution in [2.75, 3.05) is 11.4 Å². The number of amides is 1. The lowest BCUT2D eigenvalue weighted by Gasteiger charge is -2.34. The molecule has 2 aliphatic rings. The van der Waals surface area contributed by atoms with Crippen LogP contribution in [0.25, 0.3) is 5.52 Å². The number of rotatable bonds is 5. The minimum absolute atomic E-state index is 0.0908. The predicted molar refractivity (Wildman–Crippen MR) is 126 cm³/mol. The molecule has 1 saturated carbocycles. The number of anilines is 1. The van der Waals surface area contributed by atoms with Crippen LogP contribution in [-0.4, -0.2) is 39.2 Å². The van der Waals surface area contributed by atoms with Crippen molar-refractivity contribution < 1.29 is 23.5 Å². The van der Waals surface area contributed by atoms with Crippen LogP contribution in [0.2, 0.25) is 0 Å². The van der Waals surface area contributed by atoms with Gasteiger partial charge >= 0.3 is 5.97 Å². The van der Waals surface area contributed by atoms with Gasteiger partial charge in [0.15, 0.2) is 0 Å². The number of pyridine rings is 1. The molecule has 0 radical (unpaired) electrons. The third-order valence-corrected chi connectivity index (χ3v) is 7.59. The first-order valence-corrected chi connectivity index (χ1v) is 12.0. The maximum Gasteiger partial charge on any atom is 0.309 e. The molecule has 0 spiro atoms. The molecule has 1 aliphatic heterocycles. The van der Waals surface area contributed by atoms with E-state index in [0.717, 1.165) is 24.2 Å². The van der Waals surface area contributed by atoms with Gasteiger partial charge in [-0.3, -0.25) is 9.59 Å². The zero-order chi connectivity index (χ0) is 24.7. The van der Waals surface area contributed by atoms with Crippen LogP contribution in [0.15, 0.2) is 42.7 Å². The molecule has 3 heterocycles. The predicted octanol–water partition coefficient (Wildman–Crippen LogP) is 4.72. The van der Waals surface area contributed by atoms with E-state index >= 15 is 0 Å². The molecule has 2 fully saturated rings. The lowest BCUT2D eigenvalue weighted by Crippen LogP contribution is -2.42. The minimum Gasteiger partial charge on any atom is -0.481 e. The van der Waals surface area contributed by atoms with E-state index in [4.69, 9.17) is 0 Å². The molecule has 0 bridgehead atoms. The van der Waals surface area contributed by atoms with Crippen LogP contribution in [0.4, 0.5) is 14.5 Å². The number of nitrogens with zero attached hydrogens (tertiary/aromatic N) is 3. The second-order valence-electron chi connectivity index (χ2n) is 9.90. The highest BCUT2D eigenvalue weighted by Crippen LogP contribution is 2.38. The Morgan fingerprint density at radius 1 is 1.14 bits per heavy atom. The summed E-state index contributed by atoms with van der Waals surface area (Å²) in [4.78, 5) is 26.6. The Morgan fingerprint density at radius 3 is 2.66 bits per heavy atom. The Bertz CT molecular complexity index is 1280. The number of hydrogen-bond acceptors (Lipinski definition) is 4. The average Bonchev–Trinajstić information content (AvgIpc) is 3.49. The molecule has 0 unspecified atom stereocenters. The molecule has 1 saturated heterocycles. The third kappa shape index (κ3) is 4.35. The summed E-state index contributed by atoms with van der Waals surface area (Å²) in [6.07, 6.45) is 7.06. The van der Waals surface area contributed by atoms with Crippen molar-refractivity contribution in [3.8, 4) is 0 Å². The Morgan fingerprint density at radius 2 is 1.91 bits per heavy atom. The van der Waals surface area contributed by atoms with Crippen LogP contribution in [-0.2, 0) is 4.79 Å². The molecule has 7 nitrogen and oxygen atoms in total. The van der Waals surface area contributed by atoms with Gasteiger partial charge in [0.1, 0.15) is 11.6 Å². The number of halogens is 2. The highest BCUT2D eigenvalue weighted by molar-refractivity contribution is 6.01. The van der Waals surface area contributed by atoms with Crippen molar-refractivity contribution >= 4 is 23.1 Å². The van der Waals surface area contributed by atoms with Gasteiger partial charge in [0, 0.05) is 30.0 Å². The second kappa shape index (κ2) is 8.94. The van der Waals surface area contributed by atoms with Gasteiger partial charge in [0.2, 0.25) is 0 Å². The zero-order valence-electron chi connectivity index (χ0n) is 19.5. The maximum atomic E-state index is 14.5. The summed E-state index contributed by atoms with van der Waals surface area (Å²) in [7, 11) is 0. The smallest absolute Gasteiger partial charge is 0.309 e. The van der Waals surface area contributed by atoms with Gasteiger partial charge in [-0.1, -0.05) is 0 Å². The van der Waals surface area contributed by atoms with E-state index in [1.54, 1.807) is 17.6 Å². The van der Waals surface area contributed by atoms with Crippen LogP contribution in [0, 0.1) is 17.0 Å². The van der Waals surface area contributed by atoms with Gasteiger partial charge in [-0.05, 0) is 75.8 Å². The van der Waals surface area contributed by atoms with Gasteiger partial charge in [0.25, 0.3) is 5.91 Å². The Balaban J connectivity index is 1.37. The summed E-state index contributed by atoms with van der Waals surface area (Å²) in [5.41, 5.74) is 1.45. The van der Waals surface area contributed by atoms with E-state index in [2.05, 4.69) is 10.4 Å². The molecule has 5 rings (SSSR count). The number of carboxylic acids is 1. The van der Waals surface area contributed by atoms with E-state index < -0.39 is 23.0 Å². The standard InChI is InChI=1S/C26H28F2N4O3/c1-26(25(34)35)9-6-17(7-10-26)30-24(33)20-15-29-32-12-8-18(14-23(20)32)31-11-2-3-22(31)19-13-16(27)4-5-21(19)28/h4-5,8,12-15,17,22H,2-3,6-7,9-11H2,1H3,(H,30,33)(H,34,35)/t17?,22-,26?/m1/s1. The fourth-order valence-electron chi connectivity index (χ4n) is 5.37. The van der Waals surface area contributed by atoms with Crippen LogP contribution in [0.1, 0.15) is 67.4 Å². The van der Waals surface area contributed by atoms with Gasteiger partial charge in [-0.15, -0.1) is 0 Å². The minimum atomic E-state index is -0.796. The van der Waals surface area contributed by atoms with E-state index in [1.165, 1.54) is 12.3 Å². The Hall–Kier alpha value is -3.49. The summed E-state index contributed by atoms with van der Waals surface area (Å²) < 4.78 is 30.0. The number of fused-ring (bicyclic) bond motifs is 1. The topological polar surface area (TPSA) is 86.9 Å². The van der Waals surface area contributed by atoms with Gasteiger partial charge in [0.05, 0.1) is 28.7 Å². The van der Waals surface area contributed by atoms with Crippen molar-refractivity contribution in [1.29, 1.82) is 0 Å². The van der Waals surface area contributed by atoms with Crippen molar-refractivity contribution in [1.82, 2.24) is 14.9 Å². The quantitative estimate of drug-likeness (QED) is 0.550. The Labute approximate surface area is 201 Å². The first-order valence-electron chi connectivity index (χ1n) is 12.0. The normalized spacial score (nSPS) is 24.6. The second-order valence-corrected chi connectivity index (χ2v) is 9.90. The number of nitrogens with one attached hydrogen (secondary N) is 1. The fraction of sp³-hybridized carbons (Fsp3) is 0.423. The largest absolute Gasteiger partial charge is 0.481 e.